The number of benzene rings is 6. The van der Waals surface area contributed by atoms with Crippen molar-refractivity contribution in [3.8, 4) is 47.3 Å². The largest absolute Gasteiger partial charge is 0.494 e. The molecule has 0 unspecified atom stereocenters. The van der Waals surface area contributed by atoms with Gasteiger partial charge in [0.05, 0.1) is 48.0 Å². The van der Waals surface area contributed by atoms with Crippen molar-refractivity contribution >= 4 is 58.4 Å². The zero-order valence-corrected chi connectivity index (χ0v) is 36.7. The van der Waals surface area contributed by atoms with Crippen molar-refractivity contribution in [2.24, 2.45) is 0 Å². The van der Waals surface area contributed by atoms with E-state index in [0.717, 1.165) is 30.7 Å². The molecule has 0 aliphatic carbocycles. The predicted molar refractivity (Wildman–Crippen MR) is 239 cm³/mol. The molecule has 14 heteroatoms. The first-order valence-corrected chi connectivity index (χ1v) is 21.1. The summed E-state index contributed by atoms with van der Waals surface area (Å²) in [7, 11) is 5.97. The highest BCUT2D eigenvalue weighted by atomic mass is 32.2. The summed E-state index contributed by atoms with van der Waals surface area (Å²) in [6.45, 7) is 4.04. The van der Waals surface area contributed by atoms with Gasteiger partial charge in [-0.05, 0) is 62.4 Å². The highest BCUT2D eigenvalue weighted by molar-refractivity contribution is 8.03. The van der Waals surface area contributed by atoms with E-state index in [9.17, 15) is 21.0 Å². The molecule has 0 bridgehead atoms. The zero-order valence-electron chi connectivity index (χ0n) is 33.4. The summed E-state index contributed by atoms with van der Waals surface area (Å²) in [4.78, 5) is 6.33. The second-order valence-electron chi connectivity index (χ2n) is 12.5. The number of hydrogen-bond acceptors (Lipinski definition) is 14. The second kappa shape index (κ2) is 20.9. The Balaban J connectivity index is 0.000000228. The van der Waals surface area contributed by atoms with E-state index in [1.807, 2.05) is 111 Å². The van der Waals surface area contributed by atoms with E-state index in [1.165, 1.54) is 75.5 Å². The molecule has 4 N–H and O–H groups in total. The number of nitriles is 4. The summed E-state index contributed by atoms with van der Waals surface area (Å²) in [5.41, 5.74) is 16.4. The van der Waals surface area contributed by atoms with E-state index in [4.69, 9.17) is 30.4 Å². The quantitative estimate of drug-likeness (QED) is 0.111. The monoisotopic (exact) mass is 866 g/mol. The van der Waals surface area contributed by atoms with E-state index in [-0.39, 0.29) is 22.3 Å². The number of para-hydroxylation sites is 2. The second-order valence-corrected chi connectivity index (χ2v) is 16.8. The van der Waals surface area contributed by atoms with Gasteiger partial charge in [0.15, 0.2) is 23.0 Å². The summed E-state index contributed by atoms with van der Waals surface area (Å²) >= 11 is 5.67. The third-order valence-corrected chi connectivity index (χ3v) is 13.4. The highest BCUT2D eigenvalue weighted by Gasteiger charge is 2.29. The standard InChI is InChI=1S/2C23H19N3O2S2/c1-14-7-6-8-15(11-14)29-22-20(27-2)16(12-24)17(13-25)21(28-3)23(22)30-19-10-5-4-9-18(19)26;1-14-8-10-15(11-9-14)29-22-20(27-2)16(12-24)17(13-25)21(28-3)23(22)30-19-7-5-4-6-18(19)26/h2*4-11H,26H2,1-3H3. The van der Waals surface area contributed by atoms with Crippen LogP contribution in [-0.2, 0) is 0 Å². The van der Waals surface area contributed by atoms with Crippen LogP contribution < -0.4 is 30.4 Å². The van der Waals surface area contributed by atoms with Gasteiger partial charge in [-0.3, -0.25) is 0 Å². The molecule has 10 nitrogen and oxygen atoms in total. The number of hydrogen-bond donors (Lipinski definition) is 2. The molecule has 0 amide bonds. The summed E-state index contributed by atoms with van der Waals surface area (Å²) in [6, 6.07) is 39.4. The van der Waals surface area contributed by atoms with Gasteiger partial charge < -0.3 is 30.4 Å². The molecule has 6 aromatic rings. The molecule has 0 aliphatic rings. The molecule has 60 heavy (non-hydrogen) atoms. The van der Waals surface area contributed by atoms with Crippen LogP contribution in [0.15, 0.2) is 136 Å². The van der Waals surface area contributed by atoms with Crippen molar-refractivity contribution < 1.29 is 18.9 Å². The minimum atomic E-state index is 0.141. The number of nitrogens with zero attached hydrogens (tertiary/aromatic N) is 4. The van der Waals surface area contributed by atoms with Gasteiger partial charge in [-0.25, -0.2) is 0 Å². The van der Waals surface area contributed by atoms with E-state index >= 15 is 0 Å². The zero-order chi connectivity index (χ0) is 43.3. The first-order valence-electron chi connectivity index (χ1n) is 17.9. The molecule has 0 saturated heterocycles. The fourth-order valence-corrected chi connectivity index (χ4v) is 10.4. The van der Waals surface area contributed by atoms with Crippen LogP contribution in [0.2, 0.25) is 0 Å². The van der Waals surface area contributed by atoms with Crippen LogP contribution in [0.1, 0.15) is 33.4 Å². The Morgan fingerprint density at radius 2 is 0.783 bits per heavy atom. The minimum Gasteiger partial charge on any atom is -0.494 e. The van der Waals surface area contributed by atoms with Gasteiger partial charge in [0, 0.05) is 31.0 Å². The third-order valence-electron chi connectivity index (χ3n) is 8.62. The van der Waals surface area contributed by atoms with Gasteiger partial charge in [-0.1, -0.05) is 107 Å². The lowest BCUT2D eigenvalue weighted by molar-refractivity contribution is 0.382. The maximum absolute atomic E-state index is 9.77. The van der Waals surface area contributed by atoms with Crippen molar-refractivity contribution in [1.29, 1.82) is 21.0 Å². The summed E-state index contributed by atoms with van der Waals surface area (Å²) in [6.07, 6.45) is 0. The molecule has 0 aliphatic heterocycles. The molecule has 0 fully saturated rings. The lowest BCUT2D eigenvalue weighted by Gasteiger charge is -2.20. The van der Waals surface area contributed by atoms with Crippen LogP contribution in [0, 0.1) is 59.2 Å². The number of rotatable bonds is 12. The Morgan fingerprint density at radius 1 is 0.417 bits per heavy atom. The Labute approximate surface area is 367 Å². The Morgan fingerprint density at radius 3 is 1.13 bits per heavy atom. The smallest absolute Gasteiger partial charge is 0.153 e. The van der Waals surface area contributed by atoms with Crippen molar-refractivity contribution in [2.45, 2.75) is 53.0 Å². The molecule has 0 atom stereocenters. The fourth-order valence-electron chi connectivity index (χ4n) is 5.78. The van der Waals surface area contributed by atoms with Crippen molar-refractivity contribution in [1.82, 2.24) is 0 Å². The van der Waals surface area contributed by atoms with E-state index < -0.39 is 0 Å². The maximum atomic E-state index is 9.77. The molecular formula is C46H38N6O4S4. The molecule has 0 aromatic heterocycles. The number of ether oxygens (including phenoxy) is 4. The minimum absolute atomic E-state index is 0.141. The highest BCUT2D eigenvalue weighted by Crippen LogP contribution is 2.54. The van der Waals surface area contributed by atoms with Crippen LogP contribution in [-0.4, -0.2) is 28.4 Å². The van der Waals surface area contributed by atoms with Crippen LogP contribution in [0.3, 0.4) is 0 Å². The van der Waals surface area contributed by atoms with Crippen LogP contribution in [0.4, 0.5) is 11.4 Å². The fraction of sp³-hybridized carbons (Fsp3) is 0.130. The average Bonchev–Trinajstić information content (AvgIpc) is 3.26. The molecule has 6 aromatic carbocycles. The number of aryl methyl sites for hydroxylation is 2. The van der Waals surface area contributed by atoms with Crippen LogP contribution in [0.5, 0.6) is 23.0 Å². The molecule has 0 radical (unpaired) electrons. The maximum Gasteiger partial charge on any atom is 0.153 e. The molecule has 0 saturated carbocycles. The molecule has 0 heterocycles. The van der Waals surface area contributed by atoms with Crippen LogP contribution >= 0.6 is 47.0 Å². The van der Waals surface area contributed by atoms with Gasteiger partial charge >= 0.3 is 0 Å². The van der Waals surface area contributed by atoms with Crippen molar-refractivity contribution in [2.75, 3.05) is 39.9 Å². The van der Waals surface area contributed by atoms with Crippen molar-refractivity contribution in [3.05, 3.63) is 130 Å². The predicted octanol–water partition coefficient (Wildman–Crippen LogP) is 11.3. The number of nitrogens with two attached hydrogens (primary N) is 2. The molecule has 6 rings (SSSR count). The van der Waals surface area contributed by atoms with Crippen LogP contribution in [0.25, 0.3) is 0 Å². The third kappa shape index (κ3) is 9.84. The van der Waals surface area contributed by atoms with E-state index in [1.54, 1.807) is 0 Å². The van der Waals surface area contributed by atoms with Gasteiger partial charge in [-0.15, -0.1) is 0 Å². The Bertz CT molecular complexity index is 2720. The number of anilines is 2. The van der Waals surface area contributed by atoms with Gasteiger partial charge in [0.1, 0.15) is 46.5 Å². The van der Waals surface area contributed by atoms with Crippen molar-refractivity contribution in [3.63, 3.8) is 0 Å². The van der Waals surface area contributed by atoms with Gasteiger partial charge in [-0.2, -0.15) is 21.0 Å². The first kappa shape index (κ1) is 44.6. The average molecular weight is 867 g/mol. The molecule has 300 valence electrons. The Kier molecular flexibility index (Phi) is 15.6. The van der Waals surface area contributed by atoms with Gasteiger partial charge in [0.2, 0.25) is 0 Å². The number of nitrogen functional groups attached to an aromatic ring is 2. The number of methoxy groups -OCH3 is 4. The SMILES string of the molecule is COc1c(C#N)c(C#N)c(OC)c(Sc2ccccc2N)c1Sc1ccc(C)cc1.COc1c(C#N)c(C#N)c(OC)c(Sc2ccccc2N)c1Sc1cccc(C)c1. The lowest BCUT2D eigenvalue weighted by atomic mass is 10.1. The normalized spacial score (nSPS) is 10.2. The topological polar surface area (TPSA) is 184 Å². The Hall–Kier alpha value is -6.52. The summed E-state index contributed by atoms with van der Waals surface area (Å²) < 4.78 is 22.5. The molecular weight excluding hydrogens is 829 g/mol. The summed E-state index contributed by atoms with van der Waals surface area (Å²) in [5, 5.41) is 39.1. The van der Waals surface area contributed by atoms with Gasteiger partial charge in [0.25, 0.3) is 0 Å². The van der Waals surface area contributed by atoms with E-state index in [0.29, 0.717) is 54.0 Å². The molecule has 0 spiro atoms. The first-order chi connectivity index (χ1) is 29.1. The summed E-state index contributed by atoms with van der Waals surface area (Å²) in [5.74, 6) is 1.35. The lowest BCUT2D eigenvalue weighted by Crippen LogP contribution is -2.02. The van der Waals surface area contributed by atoms with E-state index in [2.05, 4.69) is 24.3 Å².